The van der Waals surface area contributed by atoms with E-state index in [0.29, 0.717) is 49.5 Å². The summed E-state index contributed by atoms with van der Waals surface area (Å²) in [7, 11) is 0. The van der Waals surface area contributed by atoms with Gasteiger partial charge in [0.1, 0.15) is 0 Å². The van der Waals surface area contributed by atoms with E-state index in [1.165, 1.54) is 12.8 Å². The zero-order chi connectivity index (χ0) is 24.3. The van der Waals surface area contributed by atoms with E-state index in [-0.39, 0.29) is 12.8 Å². The van der Waals surface area contributed by atoms with E-state index in [1.807, 2.05) is 23.1 Å². The third kappa shape index (κ3) is 5.12. The van der Waals surface area contributed by atoms with Crippen molar-refractivity contribution in [1.82, 2.24) is 20.0 Å². The van der Waals surface area contributed by atoms with E-state index < -0.39 is 0 Å². The van der Waals surface area contributed by atoms with Crippen LogP contribution >= 0.6 is 0 Å². The first-order chi connectivity index (χ1) is 17.7. The Morgan fingerprint density at radius 1 is 0.889 bits per heavy atom. The van der Waals surface area contributed by atoms with E-state index in [0.717, 1.165) is 51.0 Å². The Balaban J connectivity index is 0.965. The summed E-state index contributed by atoms with van der Waals surface area (Å²) in [5, 5.41) is 12.0. The number of anilines is 3. The molecule has 1 aromatic carbocycles. The molecule has 3 saturated heterocycles. The molecule has 0 spiro atoms. The molecule has 36 heavy (non-hydrogen) atoms. The highest BCUT2D eigenvalue weighted by Gasteiger charge is 2.25. The lowest BCUT2D eigenvalue weighted by molar-refractivity contribution is 0.0712. The van der Waals surface area contributed by atoms with Gasteiger partial charge >= 0.3 is 6.03 Å². The molecule has 0 saturated carbocycles. The van der Waals surface area contributed by atoms with Gasteiger partial charge in [0.05, 0.1) is 6.10 Å². The molecule has 192 valence electrons. The molecular formula is C25H33N7O4. The van der Waals surface area contributed by atoms with Crippen molar-refractivity contribution in [2.45, 2.75) is 18.9 Å². The van der Waals surface area contributed by atoms with Crippen molar-refractivity contribution in [1.29, 1.82) is 0 Å². The highest BCUT2D eigenvalue weighted by atomic mass is 16.7. The van der Waals surface area contributed by atoms with Crippen LogP contribution in [0.2, 0.25) is 0 Å². The number of carbonyl (C=O) groups is 1. The normalized spacial score (nSPS) is 22.2. The number of nitrogens with zero attached hydrogens (tertiary/aromatic N) is 6. The number of benzene rings is 1. The average molecular weight is 496 g/mol. The molecule has 0 radical (unpaired) electrons. The lowest BCUT2D eigenvalue weighted by Crippen LogP contribution is -2.50. The maximum Gasteiger partial charge on any atom is 0.321 e. The smallest absolute Gasteiger partial charge is 0.321 e. The van der Waals surface area contributed by atoms with E-state index in [9.17, 15) is 4.79 Å². The summed E-state index contributed by atoms with van der Waals surface area (Å²) in [6.07, 6.45) is 2.79. The molecular weight excluding hydrogens is 462 g/mol. The maximum atomic E-state index is 12.7. The minimum atomic E-state index is -0.117. The van der Waals surface area contributed by atoms with Crippen molar-refractivity contribution in [2.75, 3.05) is 87.4 Å². The second-order valence-electron chi connectivity index (χ2n) is 9.64. The van der Waals surface area contributed by atoms with Gasteiger partial charge in [0.15, 0.2) is 23.1 Å². The van der Waals surface area contributed by atoms with Gasteiger partial charge in [0.2, 0.25) is 6.79 Å². The molecule has 1 atom stereocenters. The monoisotopic (exact) mass is 495 g/mol. The van der Waals surface area contributed by atoms with Crippen molar-refractivity contribution < 1.29 is 19.0 Å². The fraction of sp³-hybridized carbons (Fsp3) is 0.560. The second-order valence-corrected chi connectivity index (χ2v) is 9.64. The molecule has 3 fully saturated rings. The van der Waals surface area contributed by atoms with Gasteiger partial charge < -0.3 is 34.2 Å². The highest BCUT2D eigenvalue weighted by molar-refractivity contribution is 5.90. The van der Waals surface area contributed by atoms with Crippen LogP contribution in [0.3, 0.4) is 0 Å². The van der Waals surface area contributed by atoms with Crippen molar-refractivity contribution >= 4 is 23.4 Å². The van der Waals surface area contributed by atoms with Gasteiger partial charge in [0.25, 0.3) is 0 Å². The zero-order valence-corrected chi connectivity index (χ0v) is 20.5. The summed E-state index contributed by atoms with van der Waals surface area (Å²) in [5.41, 5.74) is 0.695. The van der Waals surface area contributed by atoms with Crippen LogP contribution in [-0.2, 0) is 4.74 Å². The minimum Gasteiger partial charge on any atom is -0.454 e. The van der Waals surface area contributed by atoms with E-state index in [1.54, 1.807) is 6.07 Å². The van der Waals surface area contributed by atoms with Crippen LogP contribution in [0, 0.1) is 0 Å². The Morgan fingerprint density at radius 2 is 1.58 bits per heavy atom. The number of aromatic nitrogens is 2. The minimum absolute atomic E-state index is 0.117. The van der Waals surface area contributed by atoms with Crippen LogP contribution in [-0.4, -0.2) is 104 Å². The number of urea groups is 1. The third-order valence-corrected chi connectivity index (χ3v) is 7.33. The van der Waals surface area contributed by atoms with Crippen molar-refractivity contribution in [2.24, 2.45) is 0 Å². The van der Waals surface area contributed by atoms with Crippen LogP contribution in [0.25, 0.3) is 0 Å². The molecule has 1 aromatic heterocycles. The standard InChI is InChI=1S/C25H33N7O4/c33-25(26-19-3-4-21-22(16-19)36-18-35-21)32-13-11-31(12-14-32)24-6-5-23(27-28-24)30-9-7-29(8-10-30)17-20-2-1-15-34-20/h3-6,16,20H,1-2,7-15,17-18H2,(H,26,33). The fourth-order valence-corrected chi connectivity index (χ4v) is 5.21. The Hall–Kier alpha value is -3.31. The number of fused-ring (bicyclic) bond motifs is 1. The molecule has 11 heteroatoms. The van der Waals surface area contributed by atoms with Crippen molar-refractivity contribution in [3.8, 4) is 11.5 Å². The first-order valence-electron chi connectivity index (χ1n) is 12.8. The van der Waals surface area contributed by atoms with E-state index >= 15 is 0 Å². The molecule has 1 unspecified atom stereocenters. The number of nitrogens with one attached hydrogen (secondary N) is 1. The number of rotatable bonds is 5. The van der Waals surface area contributed by atoms with E-state index in [2.05, 4.69) is 36.3 Å². The first kappa shape index (κ1) is 23.1. The molecule has 0 bridgehead atoms. The summed E-state index contributed by atoms with van der Waals surface area (Å²) < 4.78 is 16.5. The fourth-order valence-electron chi connectivity index (χ4n) is 5.21. The van der Waals surface area contributed by atoms with Gasteiger partial charge in [-0.2, -0.15) is 0 Å². The number of ether oxygens (including phenoxy) is 3. The predicted molar refractivity (Wildman–Crippen MR) is 135 cm³/mol. The molecule has 2 aromatic rings. The van der Waals surface area contributed by atoms with Crippen LogP contribution in [0.1, 0.15) is 12.8 Å². The molecule has 1 N–H and O–H groups in total. The zero-order valence-electron chi connectivity index (χ0n) is 20.5. The van der Waals surface area contributed by atoms with Gasteiger partial charge in [-0.1, -0.05) is 0 Å². The maximum absolute atomic E-state index is 12.7. The van der Waals surface area contributed by atoms with Gasteiger partial charge in [-0.15, -0.1) is 10.2 Å². The third-order valence-electron chi connectivity index (χ3n) is 7.33. The highest BCUT2D eigenvalue weighted by Crippen LogP contribution is 2.34. The van der Waals surface area contributed by atoms with Crippen LogP contribution < -0.4 is 24.6 Å². The molecule has 2 amide bonds. The largest absolute Gasteiger partial charge is 0.454 e. The van der Waals surface area contributed by atoms with Gasteiger partial charge in [-0.25, -0.2) is 4.79 Å². The van der Waals surface area contributed by atoms with E-state index in [4.69, 9.17) is 14.2 Å². The van der Waals surface area contributed by atoms with Gasteiger partial charge in [-0.05, 0) is 37.1 Å². The number of carbonyl (C=O) groups excluding carboxylic acids is 1. The average Bonchev–Trinajstić information content (AvgIpc) is 3.61. The SMILES string of the molecule is O=C(Nc1ccc2c(c1)OCO2)N1CCN(c2ccc(N3CCN(CC4CCCO4)CC3)nn2)CC1. The number of hydrogen-bond donors (Lipinski definition) is 1. The molecule has 4 aliphatic rings. The van der Waals surface area contributed by atoms with Crippen LogP contribution in [0.15, 0.2) is 30.3 Å². The number of hydrogen-bond acceptors (Lipinski definition) is 9. The lowest BCUT2D eigenvalue weighted by Gasteiger charge is -2.37. The Labute approximate surface area is 210 Å². The second kappa shape index (κ2) is 10.4. The summed E-state index contributed by atoms with van der Waals surface area (Å²) in [4.78, 5) is 21.5. The lowest BCUT2D eigenvalue weighted by atomic mass is 10.2. The summed E-state index contributed by atoms with van der Waals surface area (Å²) in [5.74, 6) is 3.13. The summed E-state index contributed by atoms with van der Waals surface area (Å²) >= 11 is 0. The molecule has 0 aliphatic carbocycles. The molecule has 11 nitrogen and oxygen atoms in total. The molecule has 6 rings (SSSR count). The molecule has 4 aliphatic heterocycles. The van der Waals surface area contributed by atoms with Crippen molar-refractivity contribution in [3.63, 3.8) is 0 Å². The summed E-state index contributed by atoms with van der Waals surface area (Å²) in [6, 6.07) is 9.41. The number of piperazine rings is 2. The van der Waals surface area contributed by atoms with Crippen LogP contribution in [0.4, 0.5) is 22.1 Å². The van der Waals surface area contributed by atoms with Gasteiger partial charge in [-0.3, -0.25) is 4.90 Å². The Morgan fingerprint density at radius 3 is 2.25 bits per heavy atom. The predicted octanol–water partition coefficient (Wildman–Crippen LogP) is 1.86. The molecule has 5 heterocycles. The van der Waals surface area contributed by atoms with Gasteiger partial charge in [0, 0.05) is 77.3 Å². The quantitative estimate of drug-likeness (QED) is 0.667. The number of amides is 2. The topological polar surface area (TPSA) is 95.5 Å². The Kier molecular flexibility index (Phi) is 6.65. The van der Waals surface area contributed by atoms with Crippen LogP contribution in [0.5, 0.6) is 11.5 Å². The van der Waals surface area contributed by atoms with Crippen molar-refractivity contribution in [3.05, 3.63) is 30.3 Å². The Bertz CT molecular complexity index is 1050. The first-order valence-corrected chi connectivity index (χ1v) is 12.8. The summed E-state index contributed by atoms with van der Waals surface area (Å²) in [6.45, 7) is 8.80.